The number of carbonyl (C=O) groups is 1. The summed E-state index contributed by atoms with van der Waals surface area (Å²) in [6.45, 7) is 0. The first-order valence-corrected chi connectivity index (χ1v) is 6.41. The van der Waals surface area contributed by atoms with Crippen LogP contribution in [0.25, 0.3) is 11.3 Å². The minimum absolute atomic E-state index is 0.350. The van der Waals surface area contributed by atoms with Crippen LogP contribution in [0.2, 0.25) is 0 Å². The molecule has 0 saturated heterocycles. The molecule has 0 aromatic heterocycles. The standard InChI is InChI=1S/C15H11Cl2NO/c16-15(19)13(11-7-3-1-4-8-11)14(18-17)12-9-5-2-6-10-12/h1-10,18H/b14-13-. The first-order valence-electron chi connectivity index (χ1n) is 5.65. The number of hydrogen-bond acceptors (Lipinski definition) is 2. The van der Waals surface area contributed by atoms with Gasteiger partial charge in [0.15, 0.2) is 0 Å². The minimum atomic E-state index is -0.557. The van der Waals surface area contributed by atoms with Gasteiger partial charge in [0.2, 0.25) is 0 Å². The largest absolute Gasteiger partial charge is 0.297 e. The van der Waals surface area contributed by atoms with Crippen molar-refractivity contribution in [3.05, 3.63) is 71.8 Å². The molecule has 0 aliphatic heterocycles. The lowest BCUT2D eigenvalue weighted by Gasteiger charge is -2.11. The number of allylic oxidation sites excluding steroid dienone is 1. The van der Waals surface area contributed by atoms with Crippen LogP contribution in [0.3, 0.4) is 0 Å². The molecule has 0 bridgehead atoms. The Bertz CT molecular complexity index is 594. The third-order valence-corrected chi connectivity index (χ3v) is 3.04. The molecular weight excluding hydrogens is 281 g/mol. The second-order valence-corrected chi connectivity index (χ2v) is 4.38. The second kappa shape index (κ2) is 6.41. The van der Waals surface area contributed by atoms with E-state index in [1.165, 1.54) is 0 Å². The number of hydrogen-bond donors (Lipinski definition) is 1. The van der Waals surface area contributed by atoms with Crippen molar-refractivity contribution in [2.45, 2.75) is 0 Å². The summed E-state index contributed by atoms with van der Waals surface area (Å²) in [6.07, 6.45) is 0. The highest BCUT2D eigenvalue weighted by molar-refractivity contribution is 6.75. The van der Waals surface area contributed by atoms with Crippen LogP contribution in [0.1, 0.15) is 11.1 Å². The predicted molar refractivity (Wildman–Crippen MR) is 79.5 cm³/mol. The molecule has 2 aromatic carbocycles. The third-order valence-electron chi connectivity index (χ3n) is 2.67. The molecule has 0 spiro atoms. The molecule has 1 N–H and O–H groups in total. The molecule has 0 atom stereocenters. The number of halogens is 2. The van der Waals surface area contributed by atoms with Crippen molar-refractivity contribution in [2.75, 3.05) is 0 Å². The topological polar surface area (TPSA) is 29.1 Å². The molecule has 2 aromatic rings. The summed E-state index contributed by atoms with van der Waals surface area (Å²) in [5.74, 6) is 0. The first kappa shape index (κ1) is 13.7. The van der Waals surface area contributed by atoms with Gasteiger partial charge in [-0.3, -0.25) is 9.63 Å². The SMILES string of the molecule is O=C(Cl)/C(=C(\NCl)c1ccccc1)c1ccccc1. The molecule has 0 amide bonds. The molecule has 19 heavy (non-hydrogen) atoms. The van der Waals surface area contributed by atoms with Crippen LogP contribution in [-0.4, -0.2) is 5.24 Å². The summed E-state index contributed by atoms with van der Waals surface area (Å²) in [4.78, 5) is 14.3. The van der Waals surface area contributed by atoms with Crippen molar-refractivity contribution < 1.29 is 4.79 Å². The monoisotopic (exact) mass is 291 g/mol. The van der Waals surface area contributed by atoms with Crippen molar-refractivity contribution in [1.82, 2.24) is 4.84 Å². The van der Waals surface area contributed by atoms with Crippen molar-refractivity contribution >= 4 is 39.9 Å². The Morgan fingerprint density at radius 2 is 1.32 bits per heavy atom. The number of rotatable bonds is 4. The Kier molecular flexibility index (Phi) is 4.61. The van der Waals surface area contributed by atoms with E-state index in [1.54, 1.807) is 0 Å². The normalized spacial score (nSPS) is 11.7. The van der Waals surface area contributed by atoms with Crippen LogP contribution in [0.15, 0.2) is 60.7 Å². The van der Waals surface area contributed by atoms with Gasteiger partial charge in [0.1, 0.15) is 0 Å². The van der Waals surface area contributed by atoms with Crippen molar-refractivity contribution in [3.8, 4) is 0 Å². The van der Waals surface area contributed by atoms with Gasteiger partial charge in [0.25, 0.3) is 5.24 Å². The summed E-state index contributed by atoms with van der Waals surface area (Å²) >= 11 is 11.5. The number of carbonyl (C=O) groups excluding carboxylic acids is 1. The molecule has 0 aliphatic carbocycles. The summed E-state index contributed by atoms with van der Waals surface area (Å²) in [5, 5.41) is -0.557. The fourth-order valence-corrected chi connectivity index (χ4v) is 2.22. The average molecular weight is 292 g/mol. The summed E-state index contributed by atoms with van der Waals surface area (Å²) in [7, 11) is 0. The van der Waals surface area contributed by atoms with E-state index in [0.29, 0.717) is 11.3 Å². The van der Waals surface area contributed by atoms with E-state index in [4.69, 9.17) is 23.4 Å². The molecule has 2 nitrogen and oxygen atoms in total. The summed E-state index contributed by atoms with van der Waals surface area (Å²) in [6, 6.07) is 18.5. The maximum Gasteiger partial charge on any atom is 0.255 e. The highest BCUT2D eigenvalue weighted by atomic mass is 35.5. The summed E-state index contributed by atoms with van der Waals surface area (Å²) in [5.41, 5.74) is 2.36. The van der Waals surface area contributed by atoms with E-state index < -0.39 is 5.24 Å². The van der Waals surface area contributed by atoms with Gasteiger partial charge in [-0.05, 0) is 22.7 Å². The van der Waals surface area contributed by atoms with E-state index in [1.807, 2.05) is 60.7 Å². The molecule has 0 heterocycles. The molecule has 4 heteroatoms. The van der Waals surface area contributed by atoms with Crippen LogP contribution in [0.5, 0.6) is 0 Å². The lowest BCUT2D eigenvalue weighted by molar-refractivity contribution is -0.106. The van der Waals surface area contributed by atoms with E-state index in [0.717, 1.165) is 11.1 Å². The lowest BCUT2D eigenvalue weighted by atomic mass is 10.0. The Morgan fingerprint density at radius 3 is 1.74 bits per heavy atom. The molecular formula is C15H11Cl2NO. The molecule has 0 saturated carbocycles. The fraction of sp³-hybridized carbons (Fsp3) is 0. The Morgan fingerprint density at radius 1 is 0.842 bits per heavy atom. The van der Waals surface area contributed by atoms with Gasteiger partial charge in [-0.15, -0.1) is 0 Å². The van der Waals surface area contributed by atoms with Gasteiger partial charge in [-0.2, -0.15) is 0 Å². The quantitative estimate of drug-likeness (QED) is 0.398. The minimum Gasteiger partial charge on any atom is -0.297 e. The Hall–Kier alpha value is -1.77. The van der Waals surface area contributed by atoms with Crippen molar-refractivity contribution in [1.29, 1.82) is 0 Å². The van der Waals surface area contributed by atoms with E-state index >= 15 is 0 Å². The van der Waals surface area contributed by atoms with Gasteiger partial charge in [-0.1, -0.05) is 60.7 Å². The second-order valence-electron chi connectivity index (χ2n) is 3.85. The highest BCUT2D eigenvalue weighted by Gasteiger charge is 2.16. The van der Waals surface area contributed by atoms with Crippen LogP contribution < -0.4 is 4.84 Å². The fourth-order valence-electron chi connectivity index (χ4n) is 1.81. The maximum absolute atomic E-state index is 11.7. The van der Waals surface area contributed by atoms with E-state index in [9.17, 15) is 4.79 Å². The lowest BCUT2D eigenvalue weighted by Crippen LogP contribution is -2.06. The van der Waals surface area contributed by atoms with Crippen molar-refractivity contribution in [2.24, 2.45) is 0 Å². The molecule has 0 aliphatic rings. The molecule has 0 unspecified atom stereocenters. The van der Waals surface area contributed by atoms with Gasteiger partial charge in [0, 0.05) is 11.8 Å². The number of benzene rings is 2. The molecule has 2 rings (SSSR count). The van der Waals surface area contributed by atoms with Crippen molar-refractivity contribution in [3.63, 3.8) is 0 Å². The number of nitrogens with one attached hydrogen (secondary N) is 1. The van der Waals surface area contributed by atoms with Crippen LogP contribution in [0.4, 0.5) is 0 Å². The smallest absolute Gasteiger partial charge is 0.255 e. The first-order chi connectivity index (χ1) is 9.24. The highest BCUT2D eigenvalue weighted by Crippen LogP contribution is 2.26. The molecule has 96 valence electrons. The predicted octanol–water partition coefficient (Wildman–Crippen LogP) is 4.06. The van der Waals surface area contributed by atoms with Crippen LogP contribution >= 0.6 is 23.4 Å². The third kappa shape index (κ3) is 3.16. The zero-order chi connectivity index (χ0) is 13.7. The molecule has 0 radical (unpaired) electrons. The van der Waals surface area contributed by atoms with Gasteiger partial charge in [0.05, 0.1) is 11.3 Å². The van der Waals surface area contributed by atoms with E-state index in [2.05, 4.69) is 4.84 Å². The average Bonchev–Trinajstić information content (AvgIpc) is 2.46. The molecule has 0 fully saturated rings. The van der Waals surface area contributed by atoms with Crippen LogP contribution in [0, 0.1) is 0 Å². The summed E-state index contributed by atoms with van der Waals surface area (Å²) < 4.78 is 0. The zero-order valence-corrected chi connectivity index (χ0v) is 11.4. The maximum atomic E-state index is 11.7. The Labute approximate surface area is 121 Å². The zero-order valence-electron chi connectivity index (χ0n) is 9.94. The van der Waals surface area contributed by atoms with Crippen LogP contribution in [-0.2, 0) is 4.79 Å². The van der Waals surface area contributed by atoms with E-state index in [-0.39, 0.29) is 0 Å². The van der Waals surface area contributed by atoms with Gasteiger partial charge in [-0.25, -0.2) is 0 Å². The van der Waals surface area contributed by atoms with Gasteiger partial charge < -0.3 is 0 Å². The Balaban J connectivity index is 2.64. The van der Waals surface area contributed by atoms with Gasteiger partial charge >= 0.3 is 0 Å².